The van der Waals surface area contributed by atoms with Crippen molar-refractivity contribution in [1.82, 2.24) is 4.90 Å². The molecular formula is C26H33NO3. The highest BCUT2D eigenvalue weighted by Crippen LogP contribution is 2.61. The molecule has 2 fully saturated rings. The van der Waals surface area contributed by atoms with Crippen molar-refractivity contribution in [1.29, 1.82) is 0 Å². The fourth-order valence-corrected chi connectivity index (χ4v) is 6.86. The number of hydrogen-bond acceptors (Lipinski definition) is 4. The number of carbonyl (C=O) groups excluding carboxylic acids is 1. The fourth-order valence-electron chi connectivity index (χ4n) is 6.86. The number of nitrogens with zero attached hydrogens (tertiary/aromatic N) is 1. The van der Waals surface area contributed by atoms with Gasteiger partial charge in [-0.05, 0) is 85.7 Å². The molecule has 0 bridgehead atoms. The van der Waals surface area contributed by atoms with E-state index in [4.69, 9.17) is 9.47 Å². The Kier molecular flexibility index (Phi) is 4.91. The van der Waals surface area contributed by atoms with Gasteiger partial charge in [0.25, 0.3) is 0 Å². The topological polar surface area (TPSA) is 38.8 Å². The van der Waals surface area contributed by atoms with Gasteiger partial charge in [0.05, 0.1) is 12.7 Å². The van der Waals surface area contributed by atoms with Gasteiger partial charge in [0.2, 0.25) is 0 Å². The average Bonchev–Trinajstić information content (AvgIpc) is 3.09. The van der Waals surface area contributed by atoms with Crippen molar-refractivity contribution >= 4 is 5.97 Å². The largest absolute Gasteiger partial charge is 0.497 e. The quantitative estimate of drug-likeness (QED) is 0.646. The normalized spacial score (nSPS) is 34.5. The van der Waals surface area contributed by atoms with Gasteiger partial charge < -0.3 is 14.4 Å². The molecular weight excluding hydrogens is 374 g/mol. The number of allylic oxidation sites excluding steroid dienone is 1. The molecule has 4 heteroatoms. The van der Waals surface area contributed by atoms with E-state index < -0.39 is 0 Å². The van der Waals surface area contributed by atoms with Crippen LogP contribution in [-0.4, -0.2) is 31.1 Å². The van der Waals surface area contributed by atoms with Gasteiger partial charge in [-0.3, -0.25) is 0 Å². The standard InChI is InChI=1S/C26H33NO3/c1-26-13-12-21-20-9-7-19(29-3)15-17(20)6-8-22(21)23(26)10-11-24(26)30-25(28)18-5-4-14-27(2)16-18/h4,7,9,14-16,21-24H,5-6,8,10-13H2,1-3H3/t21-,22-,23+,24+,26+/m1/s1. The Bertz CT molecular complexity index is 904. The Labute approximate surface area is 179 Å². The van der Waals surface area contributed by atoms with Crippen molar-refractivity contribution in [2.24, 2.45) is 17.3 Å². The SMILES string of the molecule is COc1ccc2c(c1)CC[C@@H]1[C@@H]2CC[C@]2(C)[C@@H](OC(=O)C3=CN(C)C=CC3)CC[C@@H]12. The number of aryl methyl sites for hydroxylation is 1. The van der Waals surface area contributed by atoms with Crippen molar-refractivity contribution in [2.75, 3.05) is 14.2 Å². The summed E-state index contributed by atoms with van der Waals surface area (Å²) < 4.78 is 11.6. The Balaban J connectivity index is 1.33. The summed E-state index contributed by atoms with van der Waals surface area (Å²) in [5.74, 6) is 2.84. The molecule has 5 rings (SSSR count). The number of fused-ring (bicyclic) bond motifs is 5. The number of esters is 1. The second kappa shape index (κ2) is 7.47. The van der Waals surface area contributed by atoms with Crippen LogP contribution in [0.25, 0.3) is 0 Å². The van der Waals surface area contributed by atoms with Crippen molar-refractivity contribution < 1.29 is 14.3 Å². The van der Waals surface area contributed by atoms with E-state index in [1.807, 2.05) is 30.4 Å². The lowest BCUT2D eigenvalue weighted by Gasteiger charge is -2.50. The molecule has 1 aliphatic heterocycles. The summed E-state index contributed by atoms with van der Waals surface area (Å²) in [6, 6.07) is 6.67. The molecule has 3 aliphatic carbocycles. The molecule has 4 aliphatic rings. The summed E-state index contributed by atoms with van der Waals surface area (Å²) in [6.45, 7) is 2.39. The Hall–Kier alpha value is -2.23. The zero-order chi connectivity index (χ0) is 20.9. The summed E-state index contributed by atoms with van der Waals surface area (Å²) in [5, 5.41) is 0. The number of rotatable bonds is 3. The number of carbonyl (C=O) groups is 1. The zero-order valence-electron chi connectivity index (χ0n) is 18.4. The van der Waals surface area contributed by atoms with E-state index in [1.54, 1.807) is 7.11 Å². The van der Waals surface area contributed by atoms with E-state index >= 15 is 0 Å². The molecule has 0 amide bonds. The van der Waals surface area contributed by atoms with Crippen LogP contribution in [-0.2, 0) is 16.0 Å². The van der Waals surface area contributed by atoms with Gasteiger partial charge in [-0.1, -0.05) is 19.1 Å². The highest BCUT2D eigenvalue weighted by atomic mass is 16.5. The minimum Gasteiger partial charge on any atom is -0.497 e. The third kappa shape index (κ3) is 3.16. The van der Waals surface area contributed by atoms with E-state index in [0.29, 0.717) is 24.2 Å². The molecule has 160 valence electrons. The van der Waals surface area contributed by atoms with Crippen LogP contribution in [0.5, 0.6) is 5.75 Å². The van der Waals surface area contributed by atoms with E-state index in [9.17, 15) is 4.79 Å². The highest BCUT2D eigenvalue weighted by Gasteiger charge is 2.56. The Morgan fingerprint density at radius 3 is 2.87 bits per heavy atom. The molecule has 0 spiro atoms. The molecule has 0 unspecified atom stereocenters. The summed E-state index contributed by atoms with van der Waals surface area (Å²) in [5.41, 5.74) is 3.89. The smallest absolute Gasteiger partial charge is 0.336 e. The second-order valence-electron chi connectivity index (χ2n) is 9.90. The van der Waals surface area contributed by atoms with Crippen LogP contribution in [0.15, 0.2) is 42.2 Å². The molecule has 0 aromatic heterocycles. The first-order chi connectivity index (χ1) is 14.5. The maximum Gasteiger partial charge on any atom is 0.336 e. The summed E-state index contributed by atoms with van der Waals surface area (Å²) in [6.07, 6.45) is 13.5. The van der Waals surface area contributed by atoms with Crippen molar-refractivity contribution in [3.05, 3.63) is 53.4 Å². The highest BCUT2D eigenvalue weighted by molar-refractivity contribution is 5.89. The molecule has 0 N–H and O–H groups in total. The number of ether oxygens (including phenoxy) is 2. The van der Waals surface area contributed by atoms with Crippen molar-refractivity contribution in [3.8, 4) is 5.75 Å². The zero-order valence-corrected chi connectivity index (χ0v) is 18.4. The van der Waals surface area contributed by atoms with Gasteiger partial charge in [-0.15, -0.1) is 0 Å². The average molecular weight is 408 g/mol. The number of hydrogen-bond donors (Lipinski definition) is 0. The fraction of sp³-hybridized carbons (Fsp3) is 0.577. The minimum absolute atomic E-state index is 0.0466. The van der Waals surface area contributed by atoms with Crippen LogP contribution in [0, 0.1) is 17.3 Å². The summed E-state index contributed by atoms with van der Waals surface area (Å²) in [7, 11) is 3.70. The van der Waals surface area contributed by atoms with Crippen molar-refractivity contribution in [3.63, 3.8) is 0 Å². The van der Waals surface area contributed by atoms with E-state index in [0.717, 1.165) is 30.6 Å². The van der Waals surface area contributed by atoms with Gasteiger partial charge in [-0.2, -0.15) is 0 Å². The maximum absolute atomic E-state index is 12.9. The van der Waals surface area contributed by atoms with Gasteiger partial charge in [0, 0.05) is 25.1 Å². The van der Waals surface area contributed by atoms with Crippen LogP contribution < -0.4 is 4.74 Å². The lowest BCUT2D eigenvalue weighted by molar-refractivity contribution is -0.153. The minimum atomic E-state index is -0.124. The number of benzene rings is 1. The molecule has 1 aromatic rings. The van der Waals surface area contributed by atoms with E-state index in [1.165, 1.54) is 30.4 Å². The Morgan fingerprint density at radius 1 is 1.20 bits per heavy atom. The monoisotopic (exact) mass is 407 g/mol. The third-order valence-electron chi connectivity index (χ3n) is 8.40. The molecule has 5 atom stereocenters. The predicted molar refractivity (Wildman–Crippen MR) is 117 cm³/mol. The first-order valence-corrected chi connectivity index (χ1v) is 11.5. The molecule has 30 heavy (non-hydrogen) atoms. The van der Waals surface area contributed by atoms with Crippen LogP contribution in [0.2, 0.25) is 0 Å². The van der Waals surface area contributed by atoms with E-state index in [2.05, 4.69) is 25.1 Å². The Morgan fingerprint density at radius 2 is 2.07 bits per heavy atom. The summed E-state index contributed by atoms with van der Waals surface area (Å²) in [4.78, 5) is 14.8. The van der Waals surface area contributed by atoms with Gasteiger partial charge in [-0.25, -0.2) is 4.79 Å². The lowest BCUT2D eigenvalue weighted by Crippen LogP contribution is -2.45. The number of methoxy groups -OCH3 is 1. The predicted octanol–water partition coefficient (Wildman–Crippen LogP) is 5.20. The molecule has 2 saturated carbocycles. The maximum atomic E-state index is 12.9. The lowest BCUT2D eigenvalue weighted by atomic mass is 9.55. The molecule has 1 heterocycles. The first-order valence-electron chi connectivity index (χ1n) is 11.5. The van der Waals surface area contributed by atoms with Crippen molar-refractivity contribution in [2.45, 2.75) is 63.9 Å². The van der Waals surface area contributed by atoms with Gasteiger partial charge in [0.1, 0.15) is 11.9 Å². The molecule has 0 radical (unpaired) electrons. The van der Waals surface area contributed by atoms with Gasteiger partial charge in [0.15, 0.2) is 0 Å². The second-order valence-corrected chi connectivity index (χ2v) is 9.90. The first kappa shape index (κ1) is 19.7. The summed E-state index contributed by atoms with van der Waals surface area (Å²) >= 11 is 0. The van der Waals surface area contributed by atoms with E-state index in [-0.39, 0.29) is 17.5 Å². The third-order valence-corrected chi connectivity index (χ3v) is 8.40. The van der Waals surface area contributed by atoms with Crippen LogP contribution in [0.4, 0.5) is 0 Å². The molecule has 0 saturated heterocycles. The van der Waals surface area contributed by atoms with Crippen LogP contribution in [0.1, 0.15) is 62.5 Å². The van der Waals surface area contributed by atoms with Crippen LogP contribution in [0.3, 0.4) is 0 Å². The molecule has 1 aromatic carbocycles. The van der Waals surface area contributed by atoms with Crippen LogP contribution >= 0.6 is 0 Å². The van der Waals surface area contributed by atoms with Gasteiger partial charge >= 0.3 is 5.97 Å². The molecule has 4 nitrogen and oxygen atoms in total.